The number of rotatable bonds is 4. The number of para-hydroxylation sites is 1. The fourth-order valence-electron chi connectivity index (χ4n) is 6.47. The van der Waals surface area contributed by atoms with Gasteiger partial charge in [-0.3, -0.25) is 0 Å². The minimum absolute atomic E-state index is 0.704. The highest BCUT2D eigenvalue weighted by atomic mass is 16.3. The summed E-state index contributed by atoms with van der Waals surface area (Å²) in [5, 5.41) is 6.91. The molecular formula is C42H26N2O. The van der Waals surface area contributed by atoms with Gasteiger partial charge in [-0.05, 0) is 63.0 Å². The van der Waals surface area contributed by atoms with E-state index in [2.05, 4.69) is 140 Å². The van der Waals surface area contributed by atoms with Crippen LogP contribution in [0.4, 0.5) is 0 Å². The molecule has 2 heterocycles. The van der Waals surface area contributed by atoms with Crippen LogP contribution in [0, 0.1) is 0 Å². The van der Waals surface area contributed by atoms with Crippen molar-refractivity contribution >= 4 is 43.5 Å². The van der Waals surface area contributed by atoms with Crippen LogP contribution in [0.15, 0.2) is 162 Å². The number of furan rings is 1. The van der Waals surface area contributed by atoms with Crippen molar-refractivity contribution in [2.24, 2.45) is 0 Å². The standard InChI is InChI=1S/C42H26N2O/c1-2-11-28(12-3-1)38-26-39(31-21-20-27-10-4-5-13-29(27)24-31)44-42(43-38)37-18-9-16-33-32(15-8-17-34(33)37)30-22-23-36-35-14-6-7-19-40(35)45-41(36)25-30/h1-26H. The number of benzene rings is 7. The summed E-state index contributed by atoms with van der Waals surface area (Å²) in [5.41, 5.74) is 8.96. The third-order valence-corrected chi connectivity index (χ3v) is 8.69. The lowest BCUT2D eigenvalue weighted by Crippen LogP contribution is -1.97. The van der Waals surface area contributed by atoms with Gasteiger partial charge in [0.15, 0.2) is 5.82 Å². The van der Waals surface area contributed by atoms with Gasteiger partial charge in [-0.25, -0.2) is 9.97 Å². The number of fused-ring (bicyclic) bond motifs is 5. The third-order valence-electron chi connectivity index (χ3n) is 8.69. The lowest BCUT2D eigenvalue weighted by Gasteiger charge is -2.13. The molecule has 210 valence electrons. The first kappa shape index (κ1) is 25.4. The Balaban J connectivity index is 1.23. The molecule has 2 aromatic heterocycles. The summed E-state index contributed by atoms with van der Waals surface area (Å²) in [6.45, 7) is 0. The second-order valence-electron chi connectivity index (χ2n) is 11.4. The maximum atomic E-state index is 6.24. The Kier molecular flexibility index (Phi) is 5.82. The van der Waals surface area contributed by atoms with Crippen LogP contribution in [0.1, 0.15) is 0 Å². The monoisotopic (exact) mass is 574 g/mol. The van der Waals surface area contributed by atoms with Gasteiger partial charge in [0.2, 0.25) is 0 Å². The highest BCUT2D eigenvalue weighted by Crippen LogP contribution is 2.38. The second-order valence-corrected chi connectivity index (χ2v) is 11.4. The molecule has 7 aromatic carbocycles. The predicted molar refractivity (Wildman–Crippen MR) is 186 cm³/mol. The van der Waals surface area contributed by atoms with Gasteiger partial charge in [0.05, 0.1) is 11.4 Å². The van der Waals surface area contributed by atoms with E-state index in [9.17, 15) is 0 Å². The molecule has 0 saturated heterocycles. The first-order chi connectivity index (χ1) is 22.3. The predicted octanol–water partition coefficient (Wildman–Crippen LogP) is 11.4. The fourth-order valence-corrected chi connectivity index (χ4v) is 6.47. The van der Waals surface area contributed by atoms with E-state index < -0.39 is 0 Å². The zero-order chi connectivity index (χ0) is 29.7. The molecular weight excluding hydrogens is 548 g/mol. The summed E-state index contributed by atoms with van der Waals surface area (Å²) >= 11 is 0. The second kappa shape index (κ2) is 10.3. The first-order valence-corrected chi connectivity index (χ1v) is 15.2. The average molecular weight is 575 g/mol. The van der Waals surface area contributed by atoms with Gasteiger partial charge in [-0.1, -0.05) is 127 Å². The van der Waals surface area contributed by atoms with Crippen LogP contribution in [0.2, 0.25) is 0 Å². The molecule has 0 aliphatic heterocycles. The summed E-state index contributed by atoms with van der Waals surface area (Å²) in [5.74, 6) is 0.704. The van der Waals surface area contributed by atoms with Crippen LogP contribution in [0.3, 0.4) is 0 Å². The molecule has 0 aliphatic rings. The van der Waals surface area contributed by atoms with E-state index in [0.29, 0.717) is 5.82 Å². The lowest BCUT2D eigenvalue weighted by molar-refractivity contribution is 0.669. The number of nitrogens with zero attached hydrogens (tertiary/aromatic N) is 2. The summed E-state index contributed by atoms with van der Waals surface area (Å²) in [7, 11) is 0. The van der Waals surface area contributed by atoms with Gasteiger partial charge in [-0.2, -0.15) is 0 Å². The van der Waals surface area contributed by atoms with E-state index in [-0.39, 0.29) is 0 Å². The summed E-state index contributed by atoms with van der Waals surface area (Å²) in [6, 6.07) is 55.0. The molecule has 45 heavy (non-hydrogen) atoms. The SMILES string of the molecule is c1ccc(-c2cc(-c3ccc4ccccc4c3)nc(-c3cccc4c(-c5ccc6c(c5)oc5ccccc56)cccc34)n2)cc1. The Bertz CT molecular complexity index is 2550. The quantitative estimate of drug-likeness (QED) is 0.210. The molecule has 3 heteroatoms. The molecule has 9 rings (SSSR count). The largest absolute Gasteiger partial charge is 0.456 e. The van der Waals surface area contributed by atoms with Crippen LogP contribution in [0.25, 0.3) is 88.5 Å². The highest BCUT2D eigenvalue weighted by Gasteiger charge is 2.15. The van der Waals surface area contributed by atoms with Gasteiger partial charge in [0, 0.05) is 27.5 Å². The van der Waals surface area contributed by atoms with Gasteiger partial charge < -0.3 is 4.42 Å². The van der Waals surface area contributed by atoms with Crippen LogP contribution in [-0.2, 0) is 0 Å². The Morgan fingerprint density at radius 2 is 1.00 bits per heavy atom. The topological polar surface area (TPSA) is 38.9 Å². The minimum atomic E-state index is 0.704. The van der Waals surface area contributed by atoms with Gasteiger partial charge in [0.1, 0.15) is 11.2 Å². The molecule has 0 bridgehead atoms. The molecule has 0 atom stereocenters. The Labute approximate surface area is 260 Å². The van der Waals surface area contributed by atoms with Crippen molar-refractivity contribution in [2.45, 2.75) is 0 Å². The van der Waals surface area contributed by atoms with E-state index in [1.807, 2.05) is 18.2 Å². The summed E-state index contributed by atoms with van der Waals surface area (Å²) in [4.78, 5) is 10.4. The van der Waals surface area contributed by atoms with Gasteiger partial charge in [-0.15, -0.1) is 0 Å². The molecule has 0 spiro atoms. The summed E-state index contributed by atoms with van der Waals surface area (Å²) < 4.78 is 6.24. The smallest absolute Gasteiger partial charge is 0.161 e. The van der Waals surface area contributed by atoms with Crippen molar-refractivity contribution in [3.63, 3.8) is 0 Å². The van der Waals surface area contributed by atoms with Crippen LogP contribution in [-0.4, -0.2) is 9.97 Å². The van der Waals surface area contributed by atoms with Crippen molar-refractivity contribution in [2.75, 3.05) is 0 Å². The van der Waals surface area contributed by atoms with Crippen molar-refractivity contribution in [1.82, 2.24) is 9.97 Å². The molecule has 0 aliphatic carbocycles. The molecule has 0 N–H and O–H groups in total. The Hall–Kier alpha value is -6.06. The summed E-state index contributed by atoms with van der Waals surface area (Å²) in [6.07, 6.45) is 0. The maximum Gasteiger partial charge on any atom is 0.161 e. The number of hydrogen-bond acceptors (Lipinski definition) is 3. The lowest BCUT2D eigenvalue weighted by atomic mass is 9.94. The van der Waals surface area contributed by atoms with Crippen molar-refractivity contribution < 1.29 is 4.42 Å². The minimum Gasteiger partial charge on any atom is -0.456 e. The van der Waals surface area contributed by atoms with Gasteiger partial charge >= 0.3 is 0 Å². The van der Waals surface area contributed by atoms with E-state index >= 15 is 0 Å². The normalized spacial score (nSPS) is 11.6. The number of aromatic nitrogens is 2. The third kappa shape index (κ3) is 4.37. The van der Waals surface area contributed by atoms with Crippen LogP contribution >= 0.6 is 0 Å². The van der Waals surface area contributed by atoms with E-state index in [4.69, 9.17) is 14.4 Å². The fraction of sp³-hybridized carbons (Fsp3) is 0. The van der Waals surface area contributed by atoms with E-state index in [1.165, 1.54) is 10.8 Å². The van der Waals surface area contributed by atoms with Crippen molar-refractivity contribution in [3.8, 4) is 45.0 Å². The molecule has 0 amide bonds. The average Bonchev–Trinajstić information content (AvgIpc) is 3.49. The van der Waals surface area contributed by atoms with Crippen molar-refractivity contribution in [1.29, 1.82) is 0 Å². The first-order valence-electron chi connectivity index (χ1n) is 15.2. The van der Waals surface area contributed by atoms with Crippen LogP contribution in [0.5, 0.6) is 0 Å². The van der Waals surface area contributed by atoms with Crippen molar-refractivity contribution in [3.05, 3.63) is 158 Å². The molecule has 0 radical (unpaired) electrons. The zero-order valence-electron chi connectivity index (χ0n) is 24.3. The molecule has 0 unspecified atom stereocenters. The highest BCUT2D eigenvalue weighted by molar-refractivity contribution is 6.08. The zero-order valence-corrected chi connectivity index (χ0v) is 24.3. The van der Waals surface area contributed by atoms with Crippen LogP contribution < -0.4 is 0 Å². The molecule has 9 aromatic rings. The van der Waals surface area contributed by atoms with E-state index in [1.54, 1.807) is 0 Å². The Morgan fingerprint density at radius 1 is 0.356 bits per heavy atom. The molecule has 3 nitrogen and oxygen atoms in total. The number of hydrogen-bond donors (Lipinski definition) is 0. The molecule has 0 fully saturated rings. The van der Waals surface area contributed by atoms with E-state index in [0.717, 1.165) is 71.9 Å². The Morgan fingerprint density at radius 3 is 1.87 bits per heavy atom. The molecule has 0 saturated carbocycles. The van der Waals surface area contributed by atoms with Gasteiger partial charge in [0.25, 0.3) is 0 Å². The maximum absolute atomic E-state index is 6.24.